The summed E-state index contributed by atoms with van der Waals surface area (Å²) >= 11 is 1.30. The molecule has 1 saturated heterocycles. The van der Waals surface area contributed by atoms with E-state index in [9.17, 15) is 4.79 Å². The van der Waals surface area contributed by atoms with Gasteiger partial charge in [0.15, 0.2) is 5.78 Å². The number of rotatable bonds is 3. The highest BCUT2D eigenvalue weighted by molar-refractivity contribution is 7.15. The van der Waals surface area contributed by atoms with Crippen LogP contribution in [0.15, 0.2) is 6.20 Å². The maximum absolute atomic E-state index is 12.2. The smallest absolute Gasteiger partial charge is 0.273 e. The molecule has 1 aromatic heterocycles. The molecule has 0 spiro atoms. The quantitative estimate of drug-likeness (QED) is 0.793. The van der Waals surface area contributed by atoms with Crippen LogP contribution in [-0.2, 0) is 0 Å². The highest BCUT2D eigenvalue weighted by Gasteiger charge is 2.37. The summed E-state index contributed by atoms with van der Waals surface area (Å²) in [7, 11) is 1.56. The van der Waals surface area contributed by atoms with Crippen LogP contribution in [0.5, 0.6) is 5.19 Å². The van der Waals surface area contributed by atoms with Crippen molar-refractivity contribution in [2.75, 3.05) is 13.7 Å². The van der Waals surface area contributed by atoms with E-state index in [1.807, 2.05) is 6.92 Å². The Labute approximate surface area is 92.7 Å². The van der Waals surface area contributed by atoms with Crippen LogP contribution in [0.1, 0.15) is 29.4 Å². The Morgan fingerprint density at radius 2 is 2.53 bits per heavy atom. The van der Waals surface area contributed by atoms with E-state index in [-0.39, 0.29) is 5.78 Å². The van der Waals surface area contributed by atoms with Gasteiger partial charge in [0.2, 0.25) is 0 Å². The molecule has 0 saturated carbocycles. The molecular formula is C10H14N2O2S. The third kappa shape index (κ3) is 1.89. The van der Waals surface area contributed by atoms with Gasteiger partial charge < -0.3 is 10.1 Å². The topological polar surface area (TPSA) is 51.2 Å². The number of carbonyl (C=O) groups excluding carboxylic acids is 1. The molecule has 0 aliphatic carbocycles. The summed E-state index contributed by atoms with van der Waals surface area (Å²) in [4.78, 5) is 16.8. The van der Waals surface area contributed by atoms with Crippen molar-refractivity contribution in [3.8, 4) is 5.19 Å². The van der Waals surface area contributed by atoms with Crippen LogP contribution in [0, 0.1) is 0 Å². The minimum Gasteiger partial charge on any atom is -0.473 e. The normalized spacial score (nSPS) is 25.5. The Bertz CT molecular complexity index is 369. The number of thiazole rings is 1. The molecule has 5 heteroatoms. The van der Waals surface area contributed by atoms with E-state index < -0.39 is 5.54 Å². The molecule has 1 aliphatic rings. The molecule has 0 aromatic carbocycles. The fourth-order valence-electron chi connectivity index (χ4n) is 1.82. The number of nitrogens with one attached hydrogen (secondary N) is 1. The molecule has 1 unspecified atom stereocenters. The minimum absolute atomic E-state index is 0.126. The van der Waals surface area contributed by atoms with Crippen LogP contribution in [0.25, 0.3) is 0 Å². The second-order valence-corrected chi connectivity index (χ2v) is 4.88. The number of carbonyl (C=O) groups is 1. The van der Waals surface area contributed by atoms with E-state index in [1.165, 1.54) is 11.3 Å². The first-order valence-corrected chi connectivity index (χ1v) is 5.77. The molecule has 82 valence electrons. The second kappa shape index (κ2) is 3.90. The van der Waals surface area contributed by atoms with Crippen molar-refractivity contribution < 1.29 is 9.53 Å². The Hall–Kier alpha value is -0.940. The van der Waals surface area contributed by atoms with Crippen molar-refractivity contribution in [1.29, 1.82) is 0 Å². The molecular weight excluding hydrogens is 212 g/mol. The molecule has 2 heterocycles. The lowest BCUT2D eigenvalue weighted by Crippen LogP contribution is -2.44. The molecule has 4 nitrogen and oxygen atoms in total. The van der Waals surface area contributed by atoms with E-state index in [1.54, 1.807) is 13.3 Å². The van der Waals surface area contributed by atoms with E-state index in [4.69, 9.17) is 4.74 Å². The van der Waals surface area contributed by atoms with Gasteiger partial charge in [0.1, 0.15) is 0 Å². The standard InChI is InChI=1S/C10H14N2O2S/c1-10(4-3-5-12-10)8(13)7-6-11-9(14-2)15-7/h6,12H,3-5H2,1-2H3. The number of aromatic nitrogens is 1. The summed E-state index contributed by atoms with van der Waals surface area (Å²) in [6.45, 7) is 2.87. The first-order valence-electron chi connectivity index (χ1n) is 4.95. The maximum Gasteiger partial charge on any atom is 0.273 e. The van der Waals surface area contributed by atoms with Crippen molar-refractivity contribution in [3.05, 3.63) is 11.1 Å². The number of hydrogen-bond acceptors (Lipinski definition) is 5. The van der Waals surface area contributed by atoms with Gasteiger partial charge in [-0.2, -0.15) is 0 Å². The largest absolute Gasteiger partial charge is 0.473 e. The molecule has 15 heavy (non-hydrogen) atoms. The zero-order valence-corrected chi connectivity index (χ0v) is 9.69. The highest BCUT2D eigenvalue weighted by atomic mass is 32.1. The van der Waals surface area contributed by atoms with Crippen LogP contribution >= 0.6 is 11.3 Å². The molecule has 0 radical (unpaired) electrons. The molecule has 0 bridgehead atoms. The summed E-state index contributed by atoms with van der Waals surface area (Å²) in [6, 6.07) is 0. The van der Waals surface area contributed by atoms with Gasteiger partial charge in [-0.05, 0) is 26.3 Å². The summed E-state index contributed by atoms with van der Waals surface area (Å²) in [6.07, 6.45) is 3.54. The van der Waals surface area contributed by atoms with Crippen LogP contribution < -0.4 is 10.1 Å². The fourth-order valence-corrected chi connectivity index (χ4v) is 2.62. The fraction of sp³-hybridized carbons (Fsp3) is 0.600. The lowest BCUT2D eigenvalue weighted by Gasteiger charge is -2.21. The Morgan fingerprint density at radius 3 is 3.07 bits per heavy atom. The summed E-state index contributed by atoms with van der Waals surface area (Å²) in [5.74, 6) is 0.126. The highest BCUT2D eigenvalue weighted by Crippen LogP contribution is 2.28. The monoisotopic (exact) mass is 226 g/mol. The van der Waals surface area contributed by atoms with E-state index >= 15 is 0 Å². The van der Waals surface area contributed by atoms with Crippen LogP contribution in [0.2, 0.25) is 0 Å². The number of hydrogen-bond donors (Lipinski definition) is 1. The van der Waals surface area contributed by atoms with E-state index in [2.05, 4.69) is 10.3 Å². The van der Waals surface area contributed by atoms with Crippen molar-refractivity contribution in [2.45, 2.75) is 25.3 Å². The minimum atomic E-state index is -0.405. The van der Waals surface area contributed by atoms with Crippen molar-refractivity contribution in [2.24, 2.45) is 0 Å². The van der Waals surface area contributed by atoms with Gasteiger partial charge >= 0.3 is 0 Å². The third-order valence-electron chi connectivity index (χ3n) is 2.75. The SMILES string of the molecule is COc1ncc(C(=O)C2(C)CCCN2)s1. The van der Waals surface area contributed by atoms with Gasteiger partial charge in [-0.25, -0.2) is 4.98 Å². The van der Waals surface area contributed by atoms with Gasteiger partial charge in [-0.15, -0.1) is 0 Å². The van der Waals surface area contributed by atoms with Crippen molar-refractivity contribution >= 4 is 17.1 Å². The second-order valence-electron chi connectivity index (χ2n) is 3.89. The van der Waals surface area contributed by atoms with Gasteiger partial charge in [0.25, 0.3) is 5.19 Å². The number of methoxy groups -OCH3 is 1. The van der Waals surface area contributed by atoms with Crippen LogP contribution in [0.3, 0.4) is 0 Å². The average Bonchev–Trinajstić information content (AvgIpc) is 2.85. The molecule has 1 atom stereocenters. The first kappa shape index (κ1) is 10.6. The summed E-state index contributed by atoms with van der Waals surface area (Å²) < 4.78 is 4.98. The van der Waals surface area contributed by atoms with Gasteiger partial charge in [-0.1, -0.05) is 11.3 Å². The predicted molar refractivity (Wildman–Crippen MR) is 58.6 cm³/mol. The van der Waals surface area contributed by atoms with E-state index in [0.29, 0.717) is 10.1 Å². The summed E-state index contributed by atoms with van der Waals surface area (Å²) in [5.41, 5.74) is -0.405. The number of nitrogens with zero attached hydrogens (tertiary/aromatic N) is 1. The third-order valence-corrected chi connectivity index (χ3v) is 3.71. The lowest BCUT2D eigenvalue weighted by atomic mass is 9.94. The van der Waals surface area contributed by atoms with Crippen molar-refractivity contribution in [3.63, 3.8) is 0 Å². The predicted octanol–water partition coefficient (Wildman–Crippen LogP) is 1.48. The zero-order chi connectivity index (χ0) is 10.9. The van der Waals surface area contributed by atoms with Gasteiger partial charge in [0, 0.05) is 0 Å². The Balaban J connectivity index is 2.19. The molecule has 1 fully saturated rings. The molecule has 1 aromatic rings. The molecule has 1 aliphatic heterocycles. The lowest BCUT2D eigenvalue weighted by molar-refractivity contribution is 0.0888. The molecule has 1 N–H and O–H groups in total. The van der Waals surface area contributed by atoms with Crippen molar-refractivity contribution in [1.82, 2.24) is 10.3 Å². The maximum atomic E-state index is 12.2. The molecule has 0 amide bonds. The van der Waals surface area contributed by atoms with Crippen LogP contribution in [-0.4, -0.2) is 30.0 Å². The van der Waals surface area contributed by atoms with Gasteiger partial charge in [-0.3, -0.25) is 4.79 Å². The van der Waals surface area contributed by atoms with Crippen LogP contribution in [0.4, 0.5) is 0 Å². The Kier molecular flexibility index (Phi) is 2.75. The van der Waals surface area contributed by atoms with E-state index in [0.717, 1.165) is 19.4 Å². The summed E-state index contributed by atoms with van der Waals surface area (Å²) in [5, 5.41) is 3.79. The average molecular weight is 226 g/mol. The molecule has 2 rings (SSSR count). The first-order chi connectivity index (χ1) is 7.15. The number of Topliss-reactive ketones (excluding diaryl/α,β-unsaturated/α-hetero) is 1. The zero-order valence-electron chi connectivity index (χ0n) is 8.87. The number of ether oxygens (including phenoxy) is 1. The number of ketones is 1. The van der Waals surface area contributed by atoms with Gasteiger partial charge in [0.05, 0.1) is 23.7 Å². The Morgan fingerprint density at radius 1 is 1.73 bits per heavy atom.